The highest BCUT2D eigenvalue weighted by Crippen LogP contribution is 2.22. The molecule has 1 aliphatic rings. The average Bonchev–Trinajstić information content (AvgIpc) is 2.68. The first-order valence-corrected chi connectivity index (χ1v) is 11.7. The van der Waals surface area contributed by atoms with E-state index in [4.69, 9.17) is 0 Å². The van der Waals surface area contributed by atoms with E-state index in [2.05, 4.69) is 6.07 Å². The second-order valence-corrected chi connectivity index (χ2v) is 10.1. The lowest BCUT2D eigenvalue weighted by atomic mass is 10.1. The SMILES string of the molecule is Cc1cccc(SCC(=O)N2CCN(S(=O)(=O)c3ccc(C)c(C)c3)CC2)c1. The number of hydrogen-bond acceptors (Lipinski definition) is 4. The van der Waals surface area contributed by atoms with Gasteiger partial charge in [0.2, 0.25) is 15.9 Å². The summed E-state index contributed by atoms with van der Waals surface area (Å²) in [5.74, 6) is 0.419. The molecule has 0 aromatic heterocycles. The van der Waals surface area contributed by atoms with Crippen molar-refractivity contribution in [2.45, 2.75) is 30.6 Å². The molecule has 150 valence electrons. The van der Waals surface area contributed by atoms with Gasteiger partial charge in [0.05, 0.1) is 10.6 Å². The molecular weight excluding hydrogens is 392 g/mol. The first kappa shape index (κ1) is 20.9. The fraction of sp³-hybridized carbons (Fsp3) is 0.381. The molecule has 7 heteroatoms. The molecule has 1 aliphatic heterocycles. The molecule has 0 spiro atoms. The number of thioether (sulfide) groups is 1. The van der Waals surface area contributed by atoms with E-state index < -0.39 is 10.0 Å². The molecule has 0 aliphatic carbocycles. The van der Waals surface area contributed by atoms with Crippen LogP contribution in [0.25, 0.3) is 0 Å². The highest BCUT2D eigenvalue weighted by atomic mass is 32.2. The third-order valence-electron chi connectivity index (χ3n) is 5.06. The molecule has 3 rings (SSSR count). The summed E-state index contributed by atoms with van der Waals surface area (Å²) >= 11 is 1.52. The predicted molar refractivity (Wildman–Crippen MR) is 113 cm³/mol. The molecule has 0 atom stereocenters. The van der Waals surface area contributed by atoms with Gasteiger partial charge in [0.25, 0.3) is 0 Å². The van der Waals surface area contributed by atoms with Crippen LogP contribution in [-0.2, 0) is 14.8 Å². The van der Waals surface area contributed by atoms with Gasteiger partial charge in [-0.1, -0.05) is 23.8 Å². The van der Waals surface area contributed by atoms with Crippen molar-refractivity contribution in [3.05, 3.63) is 59.2 Å². The van der Waals surface area contributed by atoms with Crippen LogP contribution in [0.1, 0.15) is 16.7 Å². The number of rotatable bonds is 5. The first-order chi connectivity index (χ1) is 13.3. The number of hydrogen-bond donors (Lipinski definition) is 0. The maximum absolute atomic E-state index is 12.9. The number of sulfonamides is 1. The molecule has 0 bridgehead atoms. The van der Waals surface area contributed by atoms with E-state index in [1.165, 1.54) is 21.6 Å². The average molecular weight is 419 g/mol. The number of carbonyl (C=O) groups excluding carboxylic acids is 1. The summed E-state index contributed by atoms with van der Waals surface area (Å²) in [4.78, 5) is 15.7. The minimum atomic E-state index is -3.52. The highest BCUT2D eigenvalue weighted by molar-refractivity contribution is 8.00. The van der Waals surface area contributed by atoms with Crippen LogP contribution in [0.5, 0.6) is 0 Å². The van der Waals surface area contributed by atoms with E-state index in [0.29, 0.717) is 36.8 Å². The Morgan fingerprint density at radius 2 is 1.68 bits per heavy atom. The zero-order chi connectivity index (χ0) is 20.3. The van der Waals surface area contributed by atoms with E-state index in [1.54, 1.807) is 17.0 Å². The van der Waals surface area contributed by atoms with Gasteiger partial charge in [-0.3, -0.25) is 4.79 Å². The molecule has 0 N–H and O–H groups in total. The van der Waals surface area contributed by atoms with Crippen LogP contribution in [0.4, 0.5) is 0 Å². The van der Waals surface area contributed by atoms with E-state index in [-0.39, 0.29) is 5.91 Å². The predicted octanol–water partition coefficient (Wildman–Crippen LogP) is 3.24. The van der Waals surface area contributed by atoms with Crippen molar-refractivity contribution in [3.63, 3.8) is 0 Å². The molecule has 2 aromatic carbocycles. The minimum absolute atomic E-state index is 0.0507. The summed E-state index contributed by atoms with van der Waals surface area (Å²) in [6.45, 7) is 7.42. The van der Waals surface area contributed by atoms with Crippen LogP contribution in [0.15, 0.2) is 52.3 Å². The summed E-state index contributed by atoms with van der Waals surface area (Å²) in [7, 11) is -3.52. The number of amides is 1. The fourth-order valence-corrected chi connectivity index (χ4v) is 5.57. The van der Waals surface area contributed by atoms with Crippen molar-refractivity contribution in [2.75, 3.05) is 31.9 Å². The smallest absolute Gasteiger partial charge is 0.243 e. The second kappa shape index (κ2) is 8.68. The van der Waals surface area contributed by atoms with Gasteiger partial charge in [-0.05, 0) is 56.2 Å². The summed E-state index contributed by atoms with van der Waals surface area (Å²) in [5.41, 5.74) is 3.20. The van der Waals surface area contributed by atoms with E-state index in [0.717, 1.165) is 16.0 Å². The Morgan fingerprint density at radius 3 is 2.32 bits per heavy atom. The van der Waals surface area contributed by atoms with Crippen molar-refractivity contribution in [1.82, 2.24) is 9.21 Å². The topological polar surface area (TPSA) is 57.7 Å². The number of nitrogens with zero attached hydrogens (tertiary/aromatic N) is 2. The van der Waals surface area contributed by atoms with Crippen LogP contribution in [-0.4, -0.2) is 55.5 Å². The summed E-state index contributed by atoms with van der Waals surface area (Å²) in [6.07, 6.45) is 0. The summed E-state index contributed by atoms with van der Waals surface area (Å²) in [5, 5.41) is 0. The quantitative estimate of drug-likeness (QED) is 0.700. The molecule has 0 saturated carbocycles. The number of benzene rings is 2. The second-order valence-electron chi connectivity index (χ2n) is 7.14. The molecule has 28 heavy (non-hydrogen) atoms. The standard InChI is InChI=1S/C21H26N2O3S2/c1-16-5-4-6-19(13-16)27-15-21(24)22-9-11-23(12-10-22)28(25,26)20-8-7-17(2)18(3)14-20/h4-8,13-14H,9-12,15H2,1-3H3. The van der Waals surface area contributed by atoms with Crippen molar-refractivity contribution in [2.24, 2.45) is 0 Å². The van der Waals surface area contributed by atoms with Gasteiger partial charge < -0.3 is 4.90 Å². The van der Waals surface area contributed by atoms with Crippen molar-refractivity contribution in [1.29, 1.82) is 0 Å². The Hall–Kier alpha value is -1.83. The Kier molecular flexibility index (Phi) is 6.47. The molecule has 2 aromatic rings. The number of carbonyl (C=O) groups is 1. The van der Waals surface area contributed by atoms with Crippen LogP contribution in [0, 0.1) is 20.8 Å². The molecule has 0 radical (unpaired) electrons. The van der Waals surface area contributed by atoms with Gasteiger partial charge in [-0.2, -0.15) is 4.31 Å². The lowest BCUT2D eigenvalue weighted by molar-refractivity contribution is -0.129. The number of aryl methyl sites for hydroxylation is 3. The van der Waals surface area contributed by atoms with Crippen molar-refractivity contribution >= 4 is 27.7 Å². The van der Waals surface area contributed by atoms with Gasteiger partial charge >= 0.3 is 0 Å². The Balaban J connectivity index is 1.57. The summed E-state index contributed by atoms with van der Waals surface area (Å²) in [6, 6.07) is 13.3. The molecule has 5 nitrogen and oxygen atoms in total. The van der Waals surface area contributed by atoms with E-state index >= 15 is 0 Å². The van der Waals surface area contributed by atoms with Crippen molar-refractivity contribution < 1.29 is 13.2 Å². The maximum atomic E-state index is 12.9. The highest BCUT2D eigenvalue weighted by Gasteiger charge is 2.30. The van der Waals surface area contributed by atoms with Crippen LogP contribution < -0.4 is 0 Å². The number of piperazine rings is 1. The molecular formula is C21H26N2O3S2. The maximum Gasteiger partial charge on any atom is 0.243 e. The molecule has 1 fully saturated rings. The largest absolute Gasteiger partial charge is 0.339 e. The first-order valence-electron chi connectivity index (χ1n) is 9.32. The van der Waals surface area contributed by atoms with Gasteiger partial charge in [-0.15, -0.1) is 11.8 Å². The Bertz CT molecular complexity index is 965. The Morgan fingerprint density at radius 1 is 0.964 bits per heavy atom. The Labute approximate surface area is 171 Å². The fourth-order valence-electron chi connectivity index (χ4n) is 3.14. The van der Waals surface area contributed by atoms with Gasteiger partial charge in [0, 0.05) is 31.1 Å². The van der Waals surface area contributed by atoms with Crippen LogP contribution in [0.3, 0.4) is 0 Å². The molecule has 1 amide bonds. The zero-order valence-corrected chi connectivity index (χ0v) is 18.1. The van der Waals surface area contributed by atoms with Gasteiger partial charge in [0.1, 0.15) is 0 Å². The summed E-state index contributed by atoms with van der Waals surface area (Å²) < 4.78 is 27.3. The van der Waals surface area contributed by atoms with Crippen molar-refractivity contribution in [3.8, 4) is 0 Å². The van der Waals surface area contributed by atoms with E-state index in [9.17, 15) is 13.2 Å². The molecule has 1 saturated heterocycles. The van der Waals surface area contributed by atoms with Gasteiger partial charge in [-0.25, -0.2) is 8.42 Å². The zero-order valence-electron chi connectivity index (χ0n) is 16.5. The molecule has 1 heterocycles. The van der Waals surface area contributed by atoms with E-state index in [1.807, 2.05) is 45.0 Å². The molecule has 0 unspecified atom stereocenters. The lowest BCUT2D eigenvalue weighted by Crippen LogP contribution is -2.50. The monoisotopic (exact) mass is 418 g/mol. The van der Waals surface area contributed by atoms with Crippen LogP contribution >= 0.6 is 11.8 Å². The third-order valence-corrected chi connectivity index (χ3v) is 7.93. The normalized spacial score (nSPS) is 15.6. The minimum Gasteiger partial charge on any atom is -0.339 e. The third kappa shape index (κ3) is 4.77. The van der Waals surface area contributed by atoms with Crippen LogP contribution in [0.2, 0.25) is 0 Å². The van der Waals surface area contributed by atoms with Gasteiger partial charge in [0.15, 0.2) is 0 Å². The lowest BCUT2D eigenvalue weighted by Gasteiger charge is -2.34.